The maximum Gasteiger partial charge on any atom is 0.330 e. The molecule has 0 aromatic heterocycles. The second-order valence-electron chi connectivity index (χ2n) is 4.17. The molecule has 0 aliphatic heterocycles. The number of rotatable bonds is 5. The summed E-state index contributed by atoms with van der Waals surface area (Å²) in [5.74, 6) is -0.628. The summed E-state index contributed by atoms with van der Waals surface area (Å²) in [7, 11) is 1.36. The third-order valence-electron chi connectivity index (χ3n) is 2.76. The number of alkyl halides is 1. The van der Waals surface area contributed by atoms with Gasteiger partial charge in [0.25, 0.3) is 0 Å². The van der Waals surface area contributed by atoms with Gasteiger partial charge in [-0.2, -0.15) is 0 Å². The fourth-order valence-corrected chi connectivity index (χ4v) is 2.53. The smallest absolute Gasteiger partial charge is 0.330 e. The first-order valence-electron chi connectivity index (χ1n) is 5.58. The molecule has 0 N–H and O–H groups in total. The van der Waals surface area contributed by atoms with Gasteiger partial charge in [-0.15, -0.1) is 0 Å². The van der Waals surface area contributed by atoms with Crippen molar-refractivity contribution < 1.29 is 19.1 Å². The van der Waals surface area contributed by atoms with Gasteiger partial charge in [0, 0.05) is 12.0 Å². The summed E-state index contributed by atoms with van der Waals surface area (Å²) >= 11 is 3.36. The Morgan fingerprint density at radius 1 is 1.53 bits per heavy atom. The van der Waals surface area contributed by atoms with Crippen molar-refractivity contribution in [3.8, 4) is 0 Å². The molecule has 0 amide bonds. The van der Waals surface area contributed by atoms with E-state index in [-0.39, 0.29) is 17.9 Å². The van der Waals surface area contributed by atoms with Gasteiger partial charge < -0.3 is 9.47 Å². The molecule has 1 rings (SSSR count). The number of carbonyl (C=O) groups is 2. The third kappa shape index (κ3) is 3.31. The molecule has 2 atom stereocenters. The first kappa shape index (κ1) is 14.2. The van der Waals surface area contributed by atoms with Gasteiger partial charge in [0.15, 0.2) is 0 Å². The molecule has 1 aliphatic rings. The Balaban J connectivity index is 2.56. The first-order valence-corrected chi connectivity index (χ1v) is 6.37. The summed E-state index contributed by atoms with van der Waals surface area (Å²) in [6.45, 7) is 4.18. The quantitative estimate of drug-likeness (QED) is 0.444. The van der Waals surface area contributed by atoms with Crippen molar-refractivity contribution >= 4 is 27.9 Å². The standard InChI is InChI=1S/C12H17BrO4/c1-4-5-17-10(14)6-8(2)9-7-12(9,13)11(15)16-3/h6,9H,4-5,7H2,1-3H3/b8-6-/t9-,12-/m0/s1. The van der Waals surface area contributed by atoms with Gasteiger partial charge in [-0.3, -0.25) is 4.79 Å². The van der Waals surface area contributed by atoms with Crippen LogP contribution in [0.15, 0.2) is 11.6 Å². The van der Waals surface area contributed by atoms with E-state index < -0.39 is 4.32 Å². The molecule has 1 fully saturated rings. The van der Waals surface area contributed by atoms with Crippen LogP contribution in [0.4, 0.5) is 0 Å². The van der Waals surface area contributed by atoms with E-state index >= 15 is 0 Å². The molecule has 0 aromatic carbocycles. The zero-order chi connectivity index (χ0) is 13.1. The lowest BCUT2D eigenvalue weighted by atomic mass is 10.1. The van der Waals surface area contributed by atoms with Crippen LogP contribution in [0, 0.1) is 5.92 Å². The van der Waals surface area contributed by atoms with Crippen LogP contribution in [-0.2, 0) is 19.1 Å². The van der Waals surface area contributed by atoms with Crippen molar-refractivity contribution in [1.82, 2.24) is 0 Å². The molecular weight excluding hydrogens is 288 g/mol. The average Bonchev–Trinajstić information content (AvgIpc) is 2.99. The molecule has 0 bridgehead atoms. The Morgan fingerprint density at radius 3 is 2.71 bits per heavy atom. The molecule has 96 valence electrons. The minimum absolute atomic E-state index is 0.0177. The number of hydrogen-bond donors (Lipinski definition) is 0. The van der Waals surface area contributed by atoms with Crippen molar-refractivity contribution in [1.29, 1.82) is 0 Å². The summed E-state index contributed by atoms with van der Waals surface area (Å²) in [5, 5.41) is 0. The van der Waals surface area contributed by atoms with Crippen LogP contribution in [0.5, 0.6) is 0 Å². The highest BCUT2D eigenvalue weighted by atomic mass is 79.9. The second kappa shape index (κ2) is 5.67. The minimum Gasteiger partial charge on any atom is -0.468 e. The SMILES string of the molecule is CCCOC(=O)/C=C(/C)[C@@H]1C[C@@]1(Br)C(=O)OC. The van der Waals surface area contributed by atoms with E-state index in [4.69, 9.17) is 9.47 Å². The Kier molecular flexibility index (Phi) is 4.74. The van der Waals surface area contributed by atoms with Crippen molar-refractivity contribution in [2.24, 2.45) is 5.92 Å². The Morgan fingerprint density at radius 2 is 2.18 bits per heavy atom. The van der Waals surface area contributed by atoms with Gasteiger partial charge in [-0.05, 0) is 19.8 Å². The summed E-state index contributed by atoms with van der Waals surface area (Å²) in [6, 6.07) is 0. The summed E-state index contributed by atoms with van der Waals surface area (Å²) in [6.07, 6.45) is 2.90. The maximum atomic E-state index is 11.5. The molecule has 4 nitrogen and oxygen atoms in total. The van der Waals surface area contributed by atoms with Gasteiger partial charge in [0.1, 0.15) is 4.32 Å². The number of ether oxygens (including phenoxy) is 2. The van der Waals surface area contributed by atoms with Crippen LogP contribution in [0.2, 0.25) is 0 Å². The van der Waals surface area contributed by atoms with E-state index in [1.165, 1.54) is 13.2 Å². The molecule has 0 unspecified atom stereocenters. The van der Waals surface area contributed by atoms with E-state index in [1.807, 2.05) is 13.8 Å². The molecule has 0 spiro atoms. The average molecular weight is 305 g/mol. The van der Waals surface area contributed by atoms with Crippen molar-refractivity contribution in [2.75, 3.05) is 13.7 Å². The number of halogens is 1. The van der Waals surface area contributed by atoms with Gasteiger partial charge in [0.2, 0.25) is 0 Å². The molecule has 0 saturated heterocycles. The van der Waals surface area contributed by atoms with Crippen LogP contribution in [0.1, 0.15) is 26.7 Å². The monoisotopic (exact) mass is 304 g/mol. The van der Waals surface area contributed by atoms with Crippen LogP contribution < -0.4 is 0 Å². The summed E-state index contributed by atoms with van der Waals surface area (Å²) < 4.78 is 9.00. The minimum atomic E-state index is -0.645. The normalized spacial score (nSPS) is 27.5. The molecule has 0 heterocycles. The highest BCUT2D eigenvalue weighted by molar-refractivity contribution is 9.10. The molecule has 0 aromatic rings. The van der Waals surface area contributed by atoms with Crippen LogP contribution in [-0.4, -0.2) is 30.0 Å². The maximum absolute atomic E-state index is 11.5. The van der Waals surface area contributed by atoms with Crippen molar-refractivity contribution in [2.45, 2.75) is 31.0 Å². The predicted molar refractivity (Wildman–Crippen MR) is 66.8 cm³/mol. The van der Waals surface area contributed by atoms with Crippen molar-refractivity contribution in [3.05, 3.63) is 11.6 Å². The molecule has 0 radical (unpaired) electrons. The van der Waals surface area contributed by atoms with E-state index in [2.05, 4.69) is 15.9 Å². The molecule has 1 saturated carbocycles. The Bertz CT molecular complexity index is 350. The third-order valence-corrected chi connectivity index (χ3v) is 3.96. The first-order chi connectivity index (χ1) is 7.95. The van der Waals surface area contributed by atoms with Crippen LogP contribution in [0.3, 0.4) is 0 Å². The number of esters is 2. The Labute approximate surface area is 109 Å². The van der Waals surface area contributed by atoms with Gasteiger partial charge in [-0.1, -0.05) is 28.4 Å². The van der Waals surface area contributed by atoms with Crippen molar-refractivity contribution in [3.63, 3.8) is 0 Å². The topological polar surface area (TPSA) is 52.6 Å². The zero-order valence-corrected chi connectivity index (χ0v) is 11.9. The lowest BCUT2D eigenvalue weighted by molar-refractivity contribution is -0.141. The highest BCUT2D eigenvalue weighted by Crippen LogP contribution is 2.55. The van der Waals surface area contributed by atoms with Gasteiger partial charge in [0.05, 0.1) is 13.7 Å². The highest BCUT2D eigenvalue weighted by Gasteiger charge is 2.60. The fraction of sp³-hybridized carbons (Fsp3) is 0.667. The lowest BCUT2D eigenvalue weighted by Gasteiger charge is -2.07. The molecule has 5 heteroatoms. The molecular formula is C12H17BrO4. The van der Waals surface area contributed by atoms with Gasteiger partial charge >= 0.3 is 11.9 Å². The van der Waals surface area contributed by atoms with Crippen LogP contribution >= 0.6 is 15.9 Å². The van der Waals surface area contributed by atoms with E-state index in [1.54, 1.807) is 0 Å². The van der Waals surface area contributed by atoms with E-state index in [9.17, 15) is 9.59 Å². The number of methoxy groups -OCH3 is 1. The molecule has 1 aliphatic carbocycles. The second-order valence-corrected chi connectivity index (χ2v) is 5.58. The molecule has 17 heavy (non-hydrogen) atoms. The number of hydrogen-bond acceptors (Lipinski definition) is 4. The van der Waals surface area contributed by atoms with E-state index in [0.29, 0.717) is 13.0 Å². The zero-order valence-electron chi connectivity index (χ0n) is 10.3. The largest absolute Gasteiger partial charge is 0.468 e. The Hall–Kier alpha value is -0.840. The van der Waals surface area contributed by atoms with E-state index in [0.717, 1.165) is 12.0 Å². The number of allylic oxidation sites excluding steroid dienone is 1. The lowest BCUT2D eigenvalue weighted by Crippen LogP contribution is -2.20. The van der Waals surface area contributed by atoms with Gasteiger partial charge in [-0.25, -0.2) is 4.79 Å². The predicted octanol–water partition coefficient (Wildman–Crippen LogP) is 2.21. The summed E-state index contributed by atoms with van der Waals surface area (Å²) in [5.41, 5.74) is 0.841. The van der Waals surface area contributed by atoms with Crippen LogP contribution in [0.25, 0.3) is 0 Å². The summed E-state index contributed by atoms with van der Waals surface area (Å²) in [4.78, 5) is 22.8. The number of carbonyl (C=O) groups excluding carboxylic acids is 2. The fourth-order valence-electron chi connectivity index (χ4n) is 1.69.